The van der Waals surface area contributed by atoms with E-state index >= 15 is 0 Å². The van der Waals surface area contributed by atoms with Crippen molar-refractivity contribution in [1.82, 2.24) is 0 Å². The Balaban J connectivity index is 1.49. The van der Waals surface area contributed by atoms with Crippen molar-refractivity contribution in [3.05, 3.63) is 48.0 Å². The van der Waals surface area contributed by atoms with Crippen LogP contribution in [0.25, 0.3) is 11.1 Å². The van der Waals surface area contributed by atoms with Gasteiger partial charge in [0.05, 0.1) is 6.61 Å². The van der Waals surface area contributed by atoms with Gasteiger partial charge in [-0.3, -0.25) is 4.79 Å². The van der Waals surface area contributed by atoms with E-state index < -0.39 is 0 Å². The second-order valence-electron chi connectivity index (χ2n) is 9.03. The molecular weight excluding hydrogens is 396 g/mol. The lowest BCUT2D eigenvalue weighted by atomic mass is 9.94. The van der Waals surface area contributed by atoms with Crippen LogP contribution >= 0.6 is 0 Å². The molecule has 32 heavy (non-hydrogen) atoms. The van der Waals surface area contributed by atoms with E-state index in [-0.39, 0.29) is 11.9 Å². The van der Waals surface area contributed by atoms with E-state index in [1.807, 2.05) is 6.07 Å². The average Bonchev–Trinajstić information content (AvgIpc) is 2.83. The highest BCUT2D eigenvalue weighted by molar-refractivity contribution is 5.83. The van der Waals surface area contributed by atoms with Gasteiger partial charge in [-0.05, 0) is 66.6 Å². The number of unbranched alkanes of at least 4 members (excludes halogenated alkanes) is 7. The summed E-state index contributed by atoms with van der Waals surface area (Å²) in [5, 5.41) is 0. The van der Waals surface area contributed by atoms with E-state index in [4.69, 9.17) is 9.47 Å². The van der Waals surface area contributed by atoms with Crippen molar-refractivity contribution < 1.29 is 14.3 Å². The molecule has 0 aromatic heterocycles. The fraction of sp³-hybridized carbons (Fsp3) is 0.552. The lowest BCUT2D eigenvalue weighted by Gasteiger charge is -2.25. The van der Waals surface area contributed by atoms with Gasteiger partial charge < -0.3 is 9.47 Å². The molecule has 0 saturated heterocycles. The molecule has 1 aliphatic rings. The van der Waals surface area contributed by atoms with Crippen LogP contribution in [-0.2, 0) is 11.2 Å². The Hall–Kier alpha value is -2.29. The van der Waals surface area contributed by atoms with Crippen molar-refractivity contribution in [1.29, 1.82) is 0 Å². The number of hydrogen-bond acceptors (Lipinski definition) is 3. The Labute approximate surface area is 194 Å². The van der Waals surface area contributed by atoms with Crippen LogP contribution in [0.1, 0.15) is 90.0 Å². The van der Waals surface area contributed by atoms with Crippen molar-refractivity contribution in [2.45, 2.75) is 97.0 Å². The molecule has 3 nitrogen and oxygen atoms in total. The molecule has 0 amide bonds. The molecule has 0 fully saturated rings. The van der Waals surface area contributed by atoms with Gasteiger partial charge in [0.25, 0.3) is 0 Å². The van der Waals surface area contributed by atoms with Crippen molar-refractivity contribution in [3.63, 3.8) is 0 Å². The Morgan fingerprint density at radius 2 is 1.56 bits per heavy atom. The summed E-state index contributed by atoms with van der Waals surface area (Å²) in [6.45, 7) is 5.20. The zero-order valence-corrected chi connectivity index (χ0v) is 20.0. The Bertz CT molecular complexity index is 825. The zero-order valence-electron chi connectivity index (χ0n) is 20.0. The summed E-state index contributed by atoms with van der Waals surface area (Å²) in [6, 6.07) is 14.7. The standard InChI is InChI=1S/C29H40O3/c1-3-5-7-8-9-11-21-31-26-17-13-23(14-18-26)24-15-19-28-25(22-24)16-20-29(32-28)27(30)12-10-6-4-2/h13-15,17-19,22,29H,3-12,16,20-21H2,1-2H3/t29-/m0/s1. The maximum Gasteiger partial charge on any atom is 0.173 e. The highest BCUT2D eigenvalue weighted by atomic mass is 16.5. The SMILES string of the molecule is CCCCCCCCOc1ccc(-c2ccc3c(c2)CC[C@@H](C(=O)CCCCC)O3)cc1. The molecule has 0 unspecified atom stereocenters. The monoisotopic (exact) mass is 436 g/mol. The van der Waals surface area contributed by atoms with Gasteiger partial charge in [-0.1, -0.05) is 77.0 Å². The molecule has 0 radical (unpaired) electrons. The maximum atomic E-state index is 12.4. The average molecular weight is 437 g/mol. The lowest BCUT2D eigenvalue weighted by molar-refractivity contribution is -0.126. The molecule has 3 rings (SSSR count). The normalized spacial score (nSPS) is 15.1. The molecule has 0 N–H and O–H groups in total. The Morgan fingerprint density at radius 1 is 0.875 bits per heavy atom. The number of hydrogen-bond donors (Lipinski definition) is 0. The minimum absolute atomic E-state index is 0.254. The van der Waals surface area contributed by atoms with Crippen molar-refractivity contribution in [3.8, 4) is 22.6 Å². The number of fused-ring (bicyclic) bond motifs is 1. The van der Waals surface area contributed by atoms with Crippen LogP contribution < -0.4 is 9.47 Å². The molecule has 1 atom stereocenters. The number of ether oxygens (including phenoxy) is 2. The van der Waals surface area contributed by atoms with E-state index in [2.05, 4.69) is 50.2 Å². The minimum atomic E-state index is -0.270. The molecule has 2 aromatic carbocycles. The maximum absolute atomic E-state index is 12.4. The highest BCUT2D eigenvalue weighted by Crippen LogP contribution is 2.33. The summed E-state index contributed by atoms with van der Waals surface area (Å²) < 4.78 is 12.0. The molecule has 174 valence electrons. The summed E-state index contributed by atoms with van der Waals surface area (Å²) in [5.74, 6) is 2.06. The van der Waals surface area contributed by atoms with Crippen LogP contribution in [0.3, 0.4) is 0 Å². The van der Waals surface area contributed by atoms with Crippen molar-refractivity contribution >= 4 is 5.78 Å². The van der Waals surface area contributed by atoms with Gasteiger partial charge >= 0.3 is 0 Å². The lowest BCUT2D eigenvalue weighted by Crippen LogP contribution is -2.31. The molecule has 0 bridgehead atoms. The van der Waals surface area contributed by atoms with Crippen LogP contribution in [0.5, 0.6) is 11.5 Å². The van der Waals surface area contributed by atoms with Crippen molar-refractivity contribution in [2.24, 2.45) is 0 Å². The van der Waals surface area contributed by atoms with Gasteiger partial charge in [-0.2, -0.15) is 0 Å². The number of aryl methyl sites for hydroxylation is 1. The summed E-state index contributed by atoms with van der Waals surface area (Å²) in [5.41, 5.74) is 3.56. The van der Waals surface area contributed by atoms with Gasteiger partial charge in [0.2, 0.25) is 0 Å². The summed E-state index contributed by atoms with van der Waals surface area (Å²) >= 11 is 0. The third-order valence-electron chi connectivity index (χ3n) is 6.35. The number of benzene rings is 2. The van der Waals surface area contributed by atoms with Gasteiger partial charge in [-0.25, -0.2) is 0 Å². The second-order valence-corrected chi connectivity index (χ2v) is 9.03. The van der Waals surface area contributed by atoms with Crippen LogP contribution in [0, 0.1) is 0 Å². The van der Waals surface area contributed by atoms with Crippen LogP contribution in [0.15, 0.2) is 42.5 Å². The number of carbonyl (C=O) groups is 1. The van der Waals surface area contributed by atoms with Crippen molar-refractivity contribution in [2.75, 3.05) is 6.61 Å². The predicted molar refractivity (Wildman–Crippen MR) is 133 cm³/mol. The first-order valence-corrected chi connectivity index (χ1v) is 12.8. The third kappa shape index (κ3) is 7.39. The molecule has 3 heteroatoms. The molecular formula is C29H40O3. The molecule has 0 spiro atoms. The smallest absolute Gasteiger partial charge is 0.173 e. The zero-order chi connectivity index (χ0) is 22.6. The number of ketones is 1. The van der Waals surface area contributed by atoms with E-state index in [9.17, 15) is 4.79 Å². The third-order valence-corrected chi connectivity index (χ3v) is 6.35. The van der Waals surface area contributed by atoms with E-state index in [0.29, 0.717) is 6.42 Å². The summed E-state index contributed by atoms with van der Waals surface area (Å²) in [4.78, 5) is 12.4. The molecule has 1 aliphatic heterocycles. The van der Waals surface area contributed by atoms with Gasteiger partial charge in [0, 0.05) is 6.42 Å². The molecule has 1 heterocycles. The number of Topliss-reactive ketones (excluding diaryl/α,β-unsaturated/α-hetero) is 1. The Kier molecular flexibility index (Phi) is 10.1. The molecule has 2 aromatic rings. The van der Waals surface area contributed by atoms with Gasteiger partial charge in [0.1, 0.15) is 11.5 Å². The quantitative estimate of drug-likeness (QED) is 0.282. The van der Waals surface area contributed by atoms with E-state index in [1.165, 1.54) is 48.8 Å². The Morgan fingerprint density at radius 3 is 2.34 bits per heavy atom. The minimum Gasteiger partial charge on any atom is -0.494 e. The second kappa shape index (κ2) is 13.3. The van der Waals surface area contributed by atoms with Crippen LogP contribution in [-0.4, -0.2) is 18.5 Å². The topological polar surface area (TPSA) is 35.5 Å². The van der Waals surface area contributed by atoms with Crippen LogP contribution in [0.4, 0.5) is 0 Å². The van der Waals surface area contributed by atoms with Gasteiger partial charge in [0.15, 0.2) is 11.9 Å². The first-order chi connectivity index (χ1) is 15.7. The highest BCUT2D eigenvalue weighted by Gasteiger charge is 2.25. The number of carbonyl (C=O) groups excluding carboxylic acids is 1. The fourth-order valence-corrected chi connectivity index (χ4v) is 4.32. The molecule has 0 saturated carbocycles. The molecule has 0 aliphatic carbocycles. The van der Waals surface area contributed by atoms with E-state index in [0.717, 1.165) is 56.6 Å². The first kappa shape index (κ1) is 24.4. The van der Waals surface area contributed by atoms with Crippen LogP contribution in [0.2, 0.25) is 0 Å². The fourth-order valence-electron chi connectivity index (χ4n) is 4.32. The number of rotatable bonds is 14. The van der Waals surface area contributed by atoms with E-state index in [1.54, 1.807) is 0 Å². The largest absolute Gasteiger partial charge is 0.494 e. The summed E-state index contributed by atoms with van der Waals surface area (Å²) in [7, 11) is 0. The first-order valence-electron chi connectivity index (χ1n) is 12.8. The predicted octanol–water partition coefficient (Wildman–Crippen LogP) is 7.94. The van der Waals surface area contributed by atoms with Gasteiger partial charge in [-0.15, -0.1) is 0 Å². The summed E-state index contributed by atoms with van der Waals surface area (Å²) in [6.07, 6.45) is 12.9.